The van der Waals surface area contributed by atoms with Crippen LogP contribution in [0.3, 0.4) is 0 Å². The van der Waals surface area contributed by atoms with Crippen molar-refractivity contribution in [3.05, 3.63) is 36.0 Å². The summed E-state index contributed by atoms with van der Waals surface area (Å²) in [5, 5.41) is 19.0. The van der Waals surface area contributed by atoms with Gasteiger partial charge in [-0.2, -0.15) is 0 Å². The van der Waals surface area contributed by atoms with Crippen LogP contribution in [-0.4, -0.2) is 33.3 Å². The van der Waals surface area contributed by atoms with Crippen molar-refractivity contribution in [2.75, 3.05) is 6.61 Å². The van der Waals surface area contributed by atoms with Crippen LogP contribution in [0.25, 0.3) is 10.9 Å². The lowest BCUT2D eigenvalue weighted by Gasteiger charge is -2.21. The van der Waals surface area contributed by atoms with Gasteiger partial charge in [0.1, 0.15) is 5.54 Å². The molecule has 0 spiro atoms. The molecule has 5 heteroatoms. The Bertz CT molecular complexity index is 549. The maximum absolute atomic E-state index is 11.0. The number of fused-ring (bicyclic) bond motifs is 1. The van der Waals surface area contributed by atoms with Crippen molar-refractivity contribution in [3.8, 4) is 0 Å². The molecular weight excluding hydrogens is 220 g/mol. The van der Waals surface area contributed by atoms with Gasteiger partial charge in [-0.1, -0.05) is 18.2 Å². The summed E-state index contributed by atoms with van der Waals surface area (Å²) in [6, 6.07) is 7.55. The van der Waals surface area contributed by atoms with E-state index >= 15 is 0 Å². The van der Waals surface area contributed by atoms with Crippen LogP contribution in [0, 0.1) is 0 Å². The monoisotopic (exact) mass is 234 g/mol. The number of carboxylic acids is 1. The van der Waals surface area contributed by atoms with Crippen molar-refractivity contribution in [3.63, 3.8) is 0 Å². The fraction of sp³-hybridized carbons (Fsp3) is 0.250. The molecule has 1 aromatic heterocycles. The fourth-order valence-corrected chi connectivity index (χ4v) is 1.82. The molecule has 90 valence electrons. The number of para-hydroxylation sites is 1. The van der Waals surface area contributed by atoms with Crippen LogP contribution in [0.4, 0.5) is 0 Å². The van der Waals surface area contributed by atoms with Gasteiger partial charge in [0.2, 0.25) is 0 Å². The summed E-state index contributed by atoms with van der Waals surface area (Å²) in [5.74, 6) is -1.20. The number of aliphatic hydroxyl groups is 1. The van der Waals surface area contributed by atoms with Crippen LogP contribution >= 0.6 is 0 Å². The van der Waals surface area contributed by atoms with E-state index in [1.54, 1.807) is 6.20 Å². The largest absolute Gasteiger partial charge is 0.480 e. The molecule has 0 fully saturated rings. The number of hydrogen-bond acceptors (Lipinski definition) is 3. The fourth-order valence-electron chi connectivity index (χ4n) is 1.82. The average Bonchev–Trinajstić information content (AvgIpc) is 2.72. The molecule has 0 radical (unpaired) electrons. The number of aromatic nitrogens is 1. The number of carbonyl (C=O) groups is 1. The second-order valence-corrected chi connectivity index (χ2v) is 4.16. The van der Waals surface area contributed by atoms with Crippen LogP contribution in [-0.2, 0) is 11.2 Å². The minimum atomic E-state index is -1.63. The number of hydrogen-bond donors (Lipinski definition) is 4. The van der Waals surface area contributed by atoms with Gasteiger partial charge in [-0.15, -0.1) is 0 Å². The van der Waals surface area contributed by atoms with E-state index in [-0.39, 0.29) is 6.42 Å². The van der Waals surface area contributed by atoms with Crippen LogP contribution in [0.15, 0.2) is 30.5 Å². The van der Waals surface area contributed by atoms with Crippen molar-refractivity contribution in [2.45, 2.75) is 12.0 Å². The minimum absolute atomic E-state index is 0.0862. The van der Waals surface area contributed by atoms with E-state index < -0.39 is 18.1 Å². The van der Waals surface area contributed by atoms with Crippen LogP contribution in [0.2, 0.25) is 0 Å². The Morgan fingerprint density at radius 3 is 2.76 bits per heavy atom. The Morgan fingerprint density at radius 1 is 1.41 bits per heavy atom. The molecule has 0 amide bonds. The number of aliphatic carboxylic acids is 1. The second-order valence-electron chi connectivity index (χ2n) is 4.16. The lowest BCUT2D eigenvalue weighted by Crippen LogP contribution is -2.53. The molecule has 2 rings (SSSR count). The van der Waals surface area contributed by atoms with E-state index in [0.717, 1.165) is 16.5 Å². The Hall–Kier alpha value is -1.85. The van der Waals surface area contributed by atoms with Gasteiger partial charge in [-0.3, -0.25) is 4.79 Å². The predicted molar refractivity (Wildman–Crippen MR) is 63.6 cm³/mol. The van der Waals surface area contributed by atoms with E-state index in [9.17, 15) is 4.79 Å². The molecule has 0 bridgehead atoms. The number of rotatable bonds is 4. The first-order chi connectivity index (χ1) is 8.07. The average molecular weight is 234 g/mol. The van der Waals surface area contributed by atoms with Gasteiger partial charge in [0.15, 0.2) is 0 Å². The van der Waals surface area contributed by atoms with Gasteiger partial charge in [0.25, 0.3) is 0 Å². The maximum atomic E-state index is 11.0. The molecule has 0 saturated carbocycles. The highest BCUT2D eigenvalue weighted by Gasteiger charge is 2.34. The Labute approximate surface area is 97.9 Å². The topological polar surface area (TPSA) is 99.3 Å². The third kappa shape index (κ3) is 2.02. The van der Waals surface area contributed by atoms with Crippen molar-refractivity contribution in [1.82, 2.24) is 4.98 Å². The lowest BCUT2D eigenvalue weighted by molar-refractivity contribution is -0.144. The minimum Gasteiger partial charge on any atom is -0.480 e. The van der Waals surface area contributed by atoms with Gasteiger partial charge in [-0.25, -0.2) is 0 Å². The van der Waals surface area contributed by atoms with E-state index in [0.29, 0.717) is 0 Å². The molecule has 0 aliphatic rings. The Morgan fingerprint density at radius 2 is 2.12 bits per heavy atom. The molecule has 1 aromatic carbocycles. The number of H-pyrrole nitrogens is 1. The van der Waals surface area contributed by atoms with Crippen molar-refractivity contribution < 1.29 is 15.0 Å². The zero-order chi connectivity index (χ0) is 12.5. The first-order valence-electron chi connectivity index (χ1n) is 5.25. The van der Waals surface area contributed by atoms with Gasteiger partial charge < -0.3 is 20.9 Å². The molecule has 1 heterocycles. The van der Waals surface area contributed by atoms with Gasteiger partial charge in [0.05, 0.1) is 6.61 Å². The molecule has 5 nitrogen and oxygen atoms in total. The quantitative estimate of drug-likeness (QED) is 0.618. The summed E-state index contributed by atoms with van der Waals surface area (Å²) in [6.07, 6.45) is 1.81. The van der Waals surface area contributed by atoms with Gasteiger partial charge in [-0.05, 0) is 11.6 Å². The number of nitrogens with one attached hydrogen (secondary N) is 1. The van der Waals surface area contributed by atoms with E-state index in [4.69, 9.17) is 15.9 Å². The molecule has 17 heavy (non-hydrogen) atoms. The molecule has 1 atom stereocenters. The first kappa shape index (κ1) is 11.6. The number of benzene rings is 1. The van der Waals surface area contributed by atoms with Crippen molar-refractivity contribution in [2.24, 2.45) is 5.73 Å². The summed E-state index contributed by atoms with van der Waals surface area (Å²) in [6.45, 7) is -0.595. The summed E-state index contributed by atoms with van der Waals surface area (Å²) in [5.41, 5.74) is 5.74. The van der Waals surface area contributed by atoms with Crippen molar-refractivity contribution in [1.29, 1.82) is 0 Å². The molecule has 0 aliphatic heterocycles. The first-order valence-corrected chi connectivity index (χ1v) is 5.25. The molecular formula is C12H14N2O3. The number of aliphatic hydroxyl groups excluding tert-OH is 1. The Balaban J connectivity index is 2.38. The molecule has 2 aromatic rings. The summed E-state index contributed by atoms with van der Waals surface area (Å²) in [7, 11) is 0. The smallest absolute Gasteiger partial charge is 0.326 e. The van der Waals surface area contributed by atoms with E-state index in [1.807, 2.05) is 24.3 Å². The van der Waals surface area contributed by atoms with Crippen LogP contribution in [0.1, 0.15) is 5.56 Å². The third-order valence-corrected chi connectivity index (χ3v) is 2.89. The number of nitrogens with two attached hydrogens (primary N) is 1. The van der Waals surface area contributed by atoms with E-state index in [2.05, 4.69) is 4.98 Å². The normalized spacial score (nSPS) is 14.7. The number of carboxylic acid groups (broad SMARTS) is 1. The van der Waals surface area contributed by atoms with Crippen LogP contribution < -0.4 is 5.73 Å². The Kier molecular flexibility index (Phi) is 2.87. The third-order valence-electron chi connectivity index (χ3n) is 2.89. The highest BCUT2D eigenvalue weighted by molar-refractivity contribution is 5.85. The SMILES string of the molecule is N[C@](CO)(Cc1c[nH]c2ccccc12)C(=O)O. The van der Waals surface area contributed by atoms with Crippen molar-refractivity contribution >= 4 is 16.9 Å². The highest BCUT2D eigenvalue weighted by Crippen LogP contribution is 2.21. The summed E-state index contributed by atoms with van der Waals surface area (Å²) >= 11 is 0. The maximum Gasteiger partial charge on any atom is 0.326 e. The molecule has 0 aliphatic carbocycles. The standard InChI is InChI=1S/C12H14N2O3/c13-12(7-15,11(16)17)5-8-6-14-10-4-2-1-3-9(8)10/h1-4,6,14-15H,5,7,13H2,(H,16,17)/t12-/m0/s1. The summed E-state index contributed by atoms with van der Waals surface area (Å²) in [4.78, 5) is 14.1. The summed E-state index contributed by atoms with van der Waals surface area (Å²) < 4.78 is 0. The molecule has 0 saturated heterocycles. The molecule has 5 N–H and O–H groups in total. The number of aromatic amines is 1. The van der Waals surface area contributed by atoms with Gasteiger partial charge >= 0.3 is 5.97 Å². The van der Waals surface area contributed by atoms with Crippen LogP contribution in [0.5, 0.6) is 0 Å². The predicted octanol–water partition coefficient (Wildman–Crippen LogP) is 0.485. The van der Waals surface area contributed by atoms with E-state index in [1.165, 1.54) is 0 Å². The van der Waals surface area contributed by atoms with Gasteiger partial charge in [0, 0.05) is 23.5 Å². The second kappa shape index (κ2) is 4.20. The lowest BCUT2D eigenvalue weighted by atomic mass is 9.92. The zero-order valence-corrected chi connectivity index (χ0v) is 9.18. The molecule has 0 unspecified atom stereocenters. The zero-order valence-electron chi connectivity index (χ0n) is 9.18. The highest BCUT2D eigenvalue weighted by atomic mass is 16.4.